The van der Waals surface area contributed by atoms with E-state index in [1.165, 1.54) is 12.8 Å². The van der Waals surface area contributed by atoms with Crippen molar-refractivity contribution in [2.45, 2.75) is 19.4 Å². The van der Waals surface area contributed by atoms with E-state index < -0.39 is 0 Å². The maximum Gasteiger partial charge on any atom is 0.234 e. The third kappa shape index (κ3) is 3.97. The molecule has 0 atom stereocenters. The van der Waals surface area contributed by atoms with Crippen molar-refractivity contribution in [3.63, 3.8) is 0 Å². The third-order valence-corrected chi connectivity index (χ3v) is 3.14. The van der Waals surface area contributed by atoms with Gasteiger partial charge in [-0.2, -0.15) is 0 Å². The minimum Gasteiger partial charge on any atom is -0.350 e. The van der Waals surface area contributed by atoms with Crippen LogP contribution in [0.3, 0.4) is 0 Å². The summed E-state index contributed by atoms with van der Waals surface area (Å²) < 4.78 is 0. The summed E-state index contributed by atoms with van der Waals surface area (Å²) in [5, 5.41) is 6.00. The largest absolute Gasteiger partial charge is 0.350 e. The molecule has 0 aromatic carbocycles. The average molecular weight is 225 g/mol. The Morgan fingerprint density at radius 1 is 1.60 bits per heavy atom. The number of nitrogens with one attached hydrogen (secondary N) is 2. The summed E-state index contributed by atoms with van der Waals surface area (Å²) in [6, 6.07) is 0. The van der Waals surface area contributed by atoms with Gasteiger partial charge in [0.15, 0.2) is 0 Å². The van der Waals surface area contributed by atoms with Gasteiger partial charge in [-0.15, -0.1) is 11.3 Å². The van der Waals surface area contributed by atoms with Crippen LogP contribution in [-0.4, -0.2) is 24.0 Å². The molecule has 82 valence electrons. The SMILES string of the molecule is O=C(CNCC1CC1)NCc1cncs1. The van der Waals surface area contributed by atoms with Gasteiger partial charge in [0.2, 0.25) is 5.91 Å². The fourth-order valence-corrected chi connectivity index (χ4v) is 1.82. The number of aromatic nitrogens is 1. The van der Waals surface area contributed by atoms with Gasteiger partial charge in [0, 0.05) is 11.1 Å². The first-order valence-corrected chi connectivity index (χ1v) is 6.07. The molecule has 0 aliphatic heterocycles. The molecule has 1 aromatic heterocycles. The zero-order chi connectivity index (χ0) is 10.5. The molecule has 1 saturated carbocycles. The highest BCUT2D eigenvalue weighted by atomic mass is 32.1. The van der Waals surface area contributed by atoms with E-state index in [-0.39, 0.29) is 5.91 Å². The van der Waals surface area contributed by atoms with Gasteiger partial charge in [0.25, 0.3) is 0 Å². The maximum atomic E-state index is 11.4. The number of amides is 1. The lowest BCUT2D eigenvalue weighted by molar-refractivity contribution is -0.120. The monoisotopic (exact) mass is 225 g/mol. The normalized spacial score (nSPS) is 15.2. The molecule has 0 spiro atoms. The molecule has 1 amide bonds. The van der Waals surface area contributed by atoms with Gasteiger partial charge in [0.1, 0.15) is 0 Å². The molecule has 0 unspecified atom stereocenters. The Kier molecular flexibility index (Phi) is 3.69. The minimum atomic E-state index is 0.0593. The summed E-state index contributed by atoms with van der Waals surface area (Å²) in [5.74, 6) is 0.878. The van der Waals surface area contributed by atoms with Gasteiger partial charge in [-0.3, -0.25) is 9.78 Å². The van der Waals surface area contributed by atoms with Crippen LogP contribution in [-0.2, 0) is 11.3 Å². The Morgan fingerprint density at radius 3 is 3.13 bits per heavy atom. The molecule has 4 nitrogen and oxygen atoms in total. The molecule has 2 rings (SSSR count). The van der Waals surface area contributed by atoms with Crippen LogP contribution < -0.4 is 10.6 Å². The second-order valence-corrected chi connectivity index (χ2v) is 4.79. The van der Waals surface area contributed by atoms with Crippen molar-refractivity contribution in [2.24, 2.45) is 5.92 Å². The first-order chi connectivity index (χ1) is 7.34. The molecule has 2 N–H and O–H groups in total. The van der Waals surface area contributed by atoms with Crippen molar-refractivity contribution >= 4 is 17.2 Å². The maximum absolute atomic E-state index is 11.4. The van der Waals surface area contributed by atoms with Crippen molar-refractivity contribution in [3.05, 3.63) is 16.6 Å². The predicted molar refractivity (Wildman–Crippen MR) is 59.6 cm³/mol. The van der Waals surface area contributed by atoms with Gasteiger partial charge in [-0.05, 0) is 25.3 Å². The number of nitrogens with zero attached hydrogens (tertiary/aromatic N) is 1. The number of rotatable bonds is 6. The summed E-state index contributed by atoms with van der Waals surface area (Å²) in [6.45, 7) is 2.00. The Morgan fingerprint density at radius 2 is 2.47 bits per heavy atom. The number of thiazole rings is 1. The van der Waals surface area contributed by atoms with E-state index in [9.17, 15) is 4.79 Å². The smallest absolute Gasteiger partial charge is 0.234 e. The van der Waals surface area contributed by atoms with Gasteiger partial charge in [-0.25, -0.2) is 0 Å². The van der Waals surface area contributed by atoms with Crippen molar-refractivity contribution in [1.29, 1.82) is 0 Å². The second kappa shape index (κ2) is 5.23. The Balaban J connectivity index is 1.55. The first-order valence-electron chi connectivity index (χ1n) is 5.19. The number of carbonyl (C=O) groups excluding carboxylic acids is 1. The Labute approximate surface area is 93.1 Å². The molecule has 1 fully saturated rings. The van der Waals surface area contributed by atoms with E-state index in [1.54, 1.807) is 23.0 Å². The molecule has 15 heavy (non-hydrogen) atoms. The number of carbonyl (C=O) groups is 1. The molecule has 1 aromatic rings. The van der Waals surface area contributed by atoms with Crippen LogP contribution in [0.1, 0.15) is 17.7 Å². The summed E-state index contributed by atoms with van der Waals surface area (Å²) in [5.41, 5.74) is 1.77. The van der Waals surface area contributed by atoms with E-state index in [0.29, 0.717) is 13.1 Å². The third-order valence-electron chi connectivity index (χ3n) is 2.36. The fourth-order valence-electron chi connectivity index (χ4n) is 1.29. The quantitative estimate of drug-likeness (QED) is 0.751. The Bertz CT molecular complexity index is 308. The van der Waals surface area contributed by atoms with Crippen molar-refractivity contribution in [1.82, 2.24) is 15.6 Å². The van der Waals surface area contributed by atoms with Crippen LogP contribution in [0.25, 0.3) is 0 Å². The lowest BCUT2D eigenvalue weighted by atomic mass is 10.4. The molecular formula is C10H15N3OS. The van der Waals surface area contributed by atoms with Crippen LogP contribution in [0.5, 0.6) is 0 Å². The van der Waals surface area contributed by atoms with E-state index in [0.717, 1.165) is 17.3 Å². The lowest BCUT2D eigenvalue weighted by Gasteiger charge is -2.04. The molecule has 5 heteroatoms. The zero-order valence-corrected chi connectivity index (χ0v) is 9.35. The second-order valence-electron chi connectivity index (χ2n) is 3.82. The highest BCUT2D eigenvalue weighted by Gasteiger charge is 2.20. The van der Waals surface area contributed by atoms with Crippen LogP contribution >= 0.6 is 11.3 Å². The summed E-state index contributed by atoms with van der Waals surface area (Å²) >= 11 is 1.56. The minimum absolute atomic E-state index is 0.0593. The van der Waals surface area contributed by atoms with Crippen LogP contribution in [0, 0.1) is 5.92 Å². The molecule has 1 aliphatic rings. The van der Waals surface area contributed by atoms with Gasteiger partial charge >= 0.3 is 0 Å². The Hall–Kier alpha value is -0.940. The summed E-state index contributed by atoms with van der Waals surface area (Å²) in [7, 11) is 0. The lowest BCUT2D eigenvalue weighted by Crippen LogP contribution is -2.34. The molecule has 0 saturated heterocycles. The van der Waals surface area contributed by atoms with Crippen molar-refractivity contribution in [2.75, 3.05) is 13.1 Å². The van der Waals surface area contributed by atoms with Gasteiger partial charge in [0.05, 0.1) is 18.6 Å². The standard InChI is InChI=1S/C10H15N3OS/c14-10(6-11-3-8-1-2-8)13-5-9-4-12-7-15-9/h4,7-8,11H,1-3,5-6H2,(H,13,14). The molecule has 0 bridgehead atoms. The summed E-state index contributed by atoms with van der Waals surface area (Å²) in [6.07, 6.45) is 4.41. The van der Waals surface area contributed by atoms with Gasteiger partial charge in [-0.1, -0.05) is 0 Å². The molecule has 1 heterocycles. The average Bonchev–Trinajstić information content (AvgIpc) is 2.91. The van der Waals surface area contributed by atoms with Crippen LogP contribution in [0.4, 0.5) is 0 Å². The highest BCUT2D eigenvalue weighted by molar-refractivity contribution is 7.09. The van der Waals surface area contributed by atoms with E-state index >= 15 is 0 Å². The molecule has 1 aliphatic carbocycles. The van der Waals surface area contributed by atoms with E-state index in [4.69, 9.17) is 0 Å². The molecular weight excluding hydrogens is 210 g/mol. The number of hydrogen-bond donors (Lipinski definition) is 2. The fraction of sp³-hybridized carbons (Fsp3) is 0.600. The summed E-state index contributed by atoms with van der Waals surface area (Å²) in [4.78, 5) is 16.4. The highest BCUT2D eigenvalue weighted by Crippen LogP contribution is 2.27. The van der Waals surface area contributed by atoms with Crippen molar-refractivity contribution < 1.29 is 4.79 Å². The number of hydrogen-bond acceptors (Lipinski definition) is 4. The predicted octanol–water partition coefficient (Wildman–Crippen LogP) is 0.759. The van der Waals surface area contributed by atoms with Crippen LogP contribution in [0.2, 0.25) is 0 Å². The van der Waals surface area contributed by atoms with Gasteiger partial charge < -0.3 is 10.6 Å². The van der Waals surface area contributed by atoms with Crippen molar-refractivity contribution in [3.8, 4) is 0 Å². The first kappa shape index (κ1) is 10.6. The van der Waals surface area contributed by atoms with Crippen LogP contribution in [0.15, 0.2) is 11.7 Å². The van der Waals surface area contributed by atoms with E-state index in [2.05, 4.69) is 15.6 Å². The van der Waals surface area contributed by atoms with E-state index in [1.807, 2.05) is 0 Å². The molecule has 0 radical (unpaired) electrons. The topological polar surface area (TPSA) is 54.0 Å². The zero-order valence-electron chi connectivity index (χ0n) is 8.53.